The molecule has 0 heterocycles. The van der Waals surface area contributed by atoms with Crippen LogP contribution in [-0.2, 0) is 19.7 Å². The minimum Gasteiger partial charge on any atom is -0.481 e. The van der Waals surface area contributed by atoms with Crippen molar-refractivity contribution < 1.29 is 32.8 Å². The summed E-state index contributed by atoms with van der Waals surface area (Å²) >= 11 is 0. The second kappa shape index (κ2) is 5.05. The number of aliphatic carboxylic acids is 2. The lowest BCUT2D eigenvalue weighted by atomic mass is 10.0. The minimum atomic E-state index is -4.47. The summed E-state index contributed by atoms with van der Waals surface area (Å²) in [7, 11) is -4.47. The lowest BCUT2D eigenvalue weighted by Gasteiger charge is -2.12. The number of carboxylic acids is 2. The molecule has 1 unspecified atom stereocenters. The molecule has 0 aliphatic carbocycles. The van der Waals surface area contributed by atoms with Gasteiger partial charge in [0.05, 0.1) is 11.7 Å². The van der Waals surface area contributed by atoms with Gasteiger partial charge in [-0.2, -0.15) is 8.42 Å². The Labute approximate surface area is 85.4 Å². The fourth-order valence-corrected chi connectivity index (χ4v) is 1.69. The quantitative estimate of drug-likeness (QED) is 0.404. The lowest BCUT2D eigenvalue weighted by Crippen LogP contribution is -2.36. The average Bonchev–Trinajstić information content (AvgIpc) is 1.99. The molecule has 0 radical (unpaired) electrons. The van der Waals surface area contributed by atoms with E-state index in [2.05, 4.69) is 0 Å². The standard InChI is InChI=1S/C6H11NO7S/c7-4(6(10)11)1-3(5(8)9)2-15(12,13)14/h3-4H,1-2,7H2,(H,8,9)(H,10,11)(H,12,13,14)/t3?,4-/m0/s1. The van der Waals surface area contributed by atoms with Crippen LogP contribution in [-0.4, -0.2) is 46.9 Å². The van der Waals surface area contributed by atoms with Gasteiger partial charge in [0, 0.05) is 0 Å². The van der Waals surface area contributed by atoms with Crippen molar-refractivity contribution in [3.8, 4) is 0 Å². The first kappa shape index (κ1) is 13.8. The number of nitrogens with two attached hydrogens (primary N) is 1. The monoisotopic (exact) mass is 241 g/mol. The normalized spacial score (nSPS) is 15.6. The summed E-state index contributed by atoms with van der Waals surface area (Å²) in [5.41, 5.74) is 5.03. The summed E-state index contributed by atoms with van der Waals surface area (Å²) in [6.07, 6.45) is -0.565. The van der Waals surface area contributed by atoms with Crippen LogP contribution in [0.25, 0.3) is 0 Å². The Morgan fingerprint density at radius 3 is 1.93 bits per heavy atom. The number of rotatable bonds is 6. The zero-order chi connectivity index (χ0) is 12.2. The van der Waals surface area contributed by atoms with Crippen LogP contribution >= 0.6 is 0 Å². The van der Waals surface area contributed by atoms with Gasteiger partial charge in [0.25, 0.3) is 10.1 Å². The van der Waals surface area contributed by atoms with Gasteiger partial charge in [-0.05, 0) is 6.42 Å². The van der Waals surface area contributed by atoms with Crippen LogP contribution < -0.4 is 5.73 Å². The van der Waals surface area contributed by atoms with E-state index in [0.717, 1.165) is 0 Å². The number of hydrogen-bond acceptors (Lipinski definition) is 5. The van der Waals surface area contributed by atoms with Crippen LogP contribution in [0.3, 0.4) is 0 Å². The maximum atomic E-state index is 10.5. The third-order valence-corrected chi connectivity index (χ3v) is 2.44. The van der Waals surface area contributed by atoms with Crippen LogP contribution in [0.4, 0.5) is 0 Å². The molecular formula is C6H11NO7S. The molecule has 0 amide bonds. The number of hydrogen-bond donors (Lipinski definition) is 4. The molecule has 0 aromatic carbocycles. The van der Waals surface area contributed by atoms with E-state index in [1.807, 2.05) is 0 Å². The van der Waals surface area contributed by atoms with E-state index in [1.165, 1.54) is 0 Å². The van der Waals surface area contributed by atoms with Gasteiger partial charge >= 0.3 is 11.9 Å². The molecule has 9 heteroatoms. The van der Waals surface area contributed by atoms with Crippen molar-refractivity contribution in [3.05, 3.63) is 0 Å². The third-order valence-electron chi connectivity index (χ3n) is 1.62. The summed E-state index contributed by atoms with van der Waals surface area (Å²) in [5.74, 6) is -5.55. The fraction of sp³-hybridized carbons (Fsp3) is 0.667. The van der Waals surface area contributed by atoms with Crippen molar-refractivity contribution in [2.24, 2.45) is 11.7 Å². The average molecular weight is 241 g/mol. The zero-order valence-corrected chi connectivity index (χ0v) is 8.35. The predicted molar refractivity (Wildman–Crippen MR) is 47.8 cm³/mol. The summed E-state index contributed by atoms with van der Waals surface area (Å²) in [6, 6.07) is -1.48. The number of carbonyl (C=O) groups is 2. The van der Waals surface area contributed by atoms with Gasteiger partial charge in [-0.15, -0.1) is 0 Å². The molecule has 0 saturated heterocycles. The summed E-state index contributed by atoms with van der Waals surface area (Å²) in [4.78, 5) is 20.8. The van der Waals surface area contributed by atoms with Gasteiger partial charge in [-0.25, -0.2) is 0 Å². The van der Waals surface area contributed by atoms with Crippen LogP contribution in [0.2, 0.25) is 0 Å². The van der Waals surface area contributed by atoms with E-state index < -0.39 is 46.2 Å². The second-order valence-electron chi connectivity index (χ2n) is 2.96. The molecule has 0 fully saturated rings. The Morgan fingerprint density at radius 2 is 1.67 bits per heavy atom. The smallest absolute Gasteiger partial charge is 0.320 e. The summed E-state index contributed by atoms with van der Waals surface area (Å²) in [5, 5.41) is 16.9. The zero-order valence-electron chi connectivity index (χ0n) is 7.53. The van der Waals surface area contributed by atoms with Crippen molar-refractivity contribution in [3.63, 3.8) is 0 Å². The first-order valence-corrected chi connectivity index (χ1v) is 5.40. The van der Waals surface area contributed by atoms with Crippen LogP contribution in [0.1, 0.15) is 6.42 Å². The molecule has 2 atom stereocenters. The molecule has 0 bridgehead atoms. The molecule has 15 heavy (non-hydrogen) atoms. The van der Waals surface area contributed by atoms with E-state index in [4.69, 9.17) is 20.5 Å². The highest BCUT2D eigenvalue weighted by Crippen LogP contribution is 2.09. The van der Waals surface area contributed by atoms with Gasteiger partial charge in [0.2, 0.25) is 0 Å². The Morgan fingerprint density at radius 1 is 1.20 bits per heavy atom. The van der Waals surface area contributed by atoms with Crippen molar-refractivity contribution in [2.75, 3.05) is 5.75 Å². The predicted octanol–water partition coefficient (Wildman–Crippen LogP) is -1.62. The third kappa shape index (κ3) is 5.99. The van der Waals surface area contributed by atoms with E-state index >= 15 is 0 Å². The molecule has 0 aliphatic rings. The molecule has 0 spiro atoms. The topological polar surface area (TPSA) is 155 Å². The molecule has 0 saturated carbocycles. The van der Waals surface area contributed by atoms with Crippen molar-refractivity contribution in [1.29, 1.82) is 0 Å². The lowest BCUT2D eigenvalue weighted by molar-refractivity contribution is -0.143. The van der Waals surface area contributed by atoms with E-state index in [9.17, 15) is 18.0 Å². The highest BCUT2D eigenvalue weighted by Gasteiger charge is 2.28. The summed E-state index contributed by atoms with van der Waals surface area (Å²) in [6.45, 7) is 0. The van der Waals surface area contributed by atoms with Crippen molar-refractivity contribution >= 4 is 22.1 Å². The van der Waals surface area contributed by atoms with Gasteiger partial charge in [-0.1, -0.05) is 0 Å². The molecule has 0 aromatic heterocycles. The molecule has 5 N–H and O–H groups in total. The Balaban J connectivity index is 4.56. The molecule has 88 valence electrons. The minimum absolute atomic E-state index is 0.565. The van der Waals surface area contributed by atoms with E-state index in [0.29, 0.717) is 0 Å². The first-order valence-electron chi connectivity index (χ1n) is 3.80. The van der Waals surface area contributed by atoms with Gasteiger partial charge < -0.3 is 15.9 Å². The van der Waals surface area contributed by atoms with Crippen LogP contribution in [0, 0.1) is 5.92 Å². The number of carboxylic acid groups (broad SMARTS) is 2. The molecule has 0 rings (SSSR count). The molecule has 8 nitrogen and oxygen atoms in total. The molecular weight excluding hydrogens is 230 g/mol. The second-order valence-corrected chi connectivity index (χ2v) is 4.46. The largest absolute Gasteiger partial charge is 0.481 e. The van der Waals surface area contributed by atoms with Crippen molar-refractivity contribution in [1.82, 2.24) is 0 Å². The van der Waals surface area contributed by atoms with E-state index in [-0.39, 0.29) is 0 Å². The fourth-order valence-electron chi connectivity index (χ4n) is 0.902. The van der Waals surface area contributed by atoms with Gasteiger partial charge in [-0.3, -0.25) is 14.1 Å². The highest BCUT2D eigenvalue weighted by molar-refractivity contribution is 7.85. The van der Waals surface area contributed by atoms with Gasteiger partial charge in [0.15, 0.2) is 0 Å². The summed E-state index contributed by atoms with van der Waals surface area (Å²) < 4.78 is 29.2. The first-order chi connectivity index (χ1) is 6.63. The SMILES string of the molecule is N[C@@H](CC(CS(=O)(=O)O)C(=O)O)C(=O)O. The molecule has 0 aliphatic heterocycles. The Hall–Kier alpha value is -1.19. The maximum absolute atomic E-state index is 10.5. The Bertz CT molecular complexity index is 348. The van der Waals surface area contributed by atoms with Crippen molar-refractivity contribution in [2.45, 2.75) is 12.5 Å². The maximum Gasteiger partial charge on any atom is 0.320 e. The van der Waals surface area contributed by atoms with Crippen LogP contribution in [0.15, 0.2) is 0 Å². The van der Waals surface area contributed by atoms with E-state index in [1.54, 1.807) is 0 Å². The Kier molecular flexibility index (Phi) is 4.65. The van der Waals surface area contributed by atoms with Crippen LogP contribution in [0.5, 0.6) is 0 Å². The highest BCUT2D eigenvalue weighted by atomic mass is 32.2. The molecule has 0 aromatic rings. The van der Waals surface area contributed by atoms with Gasteiger partial charge in [0.1, 0.15) is 6.04 Å².